The van der Waals surface area contributed by atoms with E-state index in [1.54, 1.807) is 30.2 Å². The molecule has 3 atom stereocenters. The summed E-state index contributed by atoms with van der Waals surface area (Å²) < 4.78 is 1.54. The van der Waals surface area contributed by atoms with Crippen molar-refractivity contribution in [3.63, 3.8) is 0 Å². The molecule has 2 amide bonds. The van der Waals surface area contributed by atoms with Crippen LogP contribution in [0.4, 0.5) is 11.5 Å². The zero-order valence-corrected chi connectivity index (χ0v) is 21.0. The summed E-state index contributed by atoms with van der Waals surface area (Å²) in [6.45, 7) is 7.17. The van der Waals surface area contributed by atoms with E-state index in [2.05, 4.69) is 44.8 Å². The fourth-order valence-electron chi connectivity index (χ4n) is 5.71. The summed E-state index contributed by atoms with van der Waals surface area (Å²) in [4.78, 5) is 33.7. The minimum atomic E-state index is -0.608. The summed E-state index contributed by atoms with van der Waals surface area (Å²) in [5, 5.41) is 13.7. The van der Waals surface area contributed by atoms with Crippen LogP contribution in [0.3, 0.4) is 0 Å². The highest BCUT2D eigenvalue weighted by Gasteiger charge is 2.54. The lowest BCUT2D eigenvalue weighted by Crippen LogP contribution is -2.54. The first-order valence-corrected chi connectivity index (χ1v) is 12.9. The highest BCUT2D eigenvalue weighted by molar-refractivity contribution is 6.00. The topological polar surface area (TPSA) is 104 Å². The molecule has 1 saturated heterocycles. The van der Waals surface area contributed by atoms with Crippen LogP contribution in [-0.2, 0) is 11.8 Å². The van der Waals surface area contributed by atoms with Gasteiger partial charge in [-0.05, 0) is 55.2 Å². The largest absolute Gasteiger partial charge is 0.354 e. The van der Waals surface area contributed by atoms with E-state index in [0.717, 1.165) is 51.1 Å². The molecule has 1 unspecified atom stereocenters. The van der Waals surface area contributed by atoms with Crippen molar-refractivity contribution >= 4 is 23.3 Å². The number of rotatable bonds is 8. The van der Waals surface area contributed by atoms with Crippen LogP contribution in [0.1, 0.15) is 56.4 Å². The molecule has 3 aliphatic rings. The molecule has 0 radical (unpaired) electrons. The van der Waals surface area contributed by atoms with Gasteiger partial charge in [0.15, 0.2) is 0 Å². The number of piperazine rings is 1. The van der Waals surface area contributed by atoms with Crippen molar-refractivity contribution in [1.82, 2.24) is 25.4 Å². The maximum absolute atomic E-state index is 13.7. The highest BCUT2D eigenvalue weighted by Crippen LogP contribution is 2.58. The molecule has 9 nitrogen and oxygen atoms in total. The van der Waals surface area contributed by atoms with E-state index in [4.69, 9.17) is 0 Å². The molecule has 3 N–H and O–H groups in total. The maximum atomic E-state index is 13.7. The Morgan fingerprint density at radius 2 is 2.03 bits per heavy atom. The van der Waals surface area contributed by atoms with E-state index in [-0.39, 0.29) is 23.1 Å². The highest BCUT2D eigenvalue weighted by atomic mass is 16.2. The third-order valence-corrected chi connectivity index (χ3v) is 8.19. The van der Waals surface area contributed by atoms with E-state index in [0.29, 0.717) is 23.3 Å². The number of anilines is 2. The molecular weight excluding hydrogens is 442 g/mol. The summed E-state index contributed by atoms with van der Waals surface area (Å²) >= 11 is 0. The molecule has 0 spiro atoms. The average Bonchev–Trinajstić information content (AvgIpc) is 3.40. The molecule has 2 aliphatic carbocycles. The van der Waals surface area contributed by atoms with E-state index in [1.165, 1.54) is 6.42 Å². The van der Waals surface area contributed by atoms with Crippen molar-refractivity contribution in [2.24, 2.45) is 24.3 Å². The maximum Gasteiger partial charge on any atom is 0.270 e. The number of aromatic nitrogens is 3. The van der Waals surface area contributed by atoms with Crippen molar-refractivity contribution < 1.29 is 9.59 Å². The molecular formula is C26H37N7O2. The molecule has 188 valence electrons. The van der Waals surface area contributed by atoms with Gasteiger partial charge in [0.2, 0.25) is 5.91 Å². The molecule has 3 fully saturated rings. The minimum absolute atomic E-state index is 0.0912. The van der Waals surface area contributed by atoms with Crippen LogP contribution in [0.25, 0.3) is 0 Å². The van der Waals surface area contributed by atoms with Crippen molar-refractivity contribution in [3.05, 3.63) is 36.3 Å². The number of carbonyl (C=O) groups is 2. The van der Waals surface area contributed by atoms with E-state index < -0.39 is 6.04 Å². The lowest BCUT2D eigenvalue weighted by Gasteiger charge is -2.42. The quantitative estimate of drug-likeness (QED) is 0.538. The lowest BCUT2D eigenvalue weighted by molar-refractivity contribution is -0.121. The average molecular weight is 480 g/mol. The molecule has 2 aromatic rings. The van der Waals surface area contributed by atoms with E-state index >= 15 is 0 Å². The Kier molecular flexibility index (Phi) is 6.53. The van der Waals surface area contributed by atoms with Crippen molar-refractivity contribution in [1.29, 1.82) is 0 Å². The van der Waals surface area contributed by atoms with E-state index in [9.17, 15) is 9.59 Å². The second kappa shape index (κ2) is 9.60. The van der Waals surface area contributed by atoms with Gasteiger partial charge in [-0.3, -0.25) is 14.3 Å². The van der Waals surface area contributed by atoms with Gasteiger partial charge in [-0.2, -0.15) is 5.10 Å². The number of amides is 2. The lowest BCUT2D eigenvalue weighted by atomic mass is 9.66. The van der Waals surface area contributed by atoms with Gasteiger partial charge >= 0.3 is 0 Å². The Bertz CT molecular complexity index is 1060. The van der Waals surface area contributed by atoms with Gasteiger partial charge in [-0.15, -0.1) is 0 Å². The molecule has 5 rings (SSSR count). The molecule has 2 aromatic heterocycles. The Morgan fingerprint density at radius 1 is 1.23 bits per heavy atom. The second-order valence-electron chi connectivity index (χ2n) is 10.9. The number of nitrogens with one attached hydrogen (secondary N) is 3. The van der Waals surface area contributed by atoms with Crippen molar-refractivity contribution in [2.45, 2.75) is 58.0 Å². The number of carbonyl (C=O) groups excluding carboxylic acids is 2. The fourth-order valence-corrected chi connectivity index (χ4v) is 5.71. The van der Waals surface area contributed by atoms with Crippen LogP contribution < -0.4 is 20.9 Å². The van der Waals surface area contributed by atoms with Crippen molar-refractivity contribution in [2.75, 3.05) is 29.9 Å². The van der Waals surface area contributed by atoms with Gasteiger partial charge in [0, 0.05) is 38.9 Å². The number of nitrogens with zero attached hydrogens (tertiary/aromatic N) is 4. The molecule has 0 aromatic carbocycles. The first-order chi connectivity index (χ1) is 16.8. The van der Waals surface area contributed by atoms with Gasteiger partial charge in [-0.25, -0.2) is 4.98 Å². The van der Waals surface area contributed by atoms with Gasteiger partial charge in [0.1, 0.15) is 17.6 Å². The Morgan fingerprint density at radius 3 is 2.60 bits per heavy atom. The van der Waals surface area contributed by atoms with Crippen LogP contribution >= 0.6 is 0 Å². The summed E-state index contributed by atoms with van der Waals surface area (Å²) in [7, 11) is 1.74. The monoisotopic (exact) mass is 479 g/mol. The molecule has 1 aliphatic heterocycles. The normalized spacial score (nSPS) is 23.2. The number of hydrogen-bond acceptors (Lipinski definition) is 6. The fraction of sp³-hybridized carbons (Fsp3) is 0.615. The van der Waals surface area contributed by atoms with Crippen LogP contribution in [0.5, 0.6) is 0 Å². The third kappa shape index (κ3) is 5.05. The summed E-state index contributed by atoms with van der Waals surface area (Å²) in [6.07, 6.45) is 8.93. The van der Waals surface area contributed by atoms with Crippen LogP contribution in [-0.4, -0.2) is 58.3 Å². The van der Waals surface area contributed by atoms with Crippen LogP contribution in [0.2, 0.25) is 0 Å². The molecule has 0 bridgehead atoms. The molecule has 9 heteroatoms. The second-order valence-corrected chi connectivity index (χ2v) is 10.9. The zero-order chi connectivity index (χ0) is 24.6. The molecule has 2 saturated carbocycles. The minimum Gasteiger partial charge on any atom is -0.354 e. The molecule has 35 heavy (non-hydrogen) atoms. The van der Waals surface area contributed by atoms with Gasteiger partial charge in [0.05, 0.1) is 11.9 Å². The third-order valence-electron chi connectivity index (χ3n) is 8.19. The Labute approximate surface area is 207 Å². The Hall–Kier alpha value is -2.94. The number of pyridine rings is 1. The first kappa shape index (κ1) is 23.8. The molecule has 3 heterocycles. The van der Waals surface area contributed by atoms with Crippen molar-refractivity contribution in [3.8, 4) is 0 Å². The zero-order valence-electron chi connectivity index (χ0n) is 21.0. The Balaban J connectivity index is 1.34. The smallest absolute Gasteiger partial charge is 0.270 e. The predicted molar refractivity (Wildman–Crippen MR) is 135 cm³/mol. The SMILES string of the molecule is C[C@@H]1CN(c2ccc(NC(=O)[C@@H](NC(=O)c3ccnn3C)C(C3CCC3)C3(C)CC3)cn2)CCN1. The van der Waals surface area contributed by atoms with E-state index in [1.807, 2.05) is 12.1 Å². The predicted octanol–water partition coefficient (Wildman–Crippen LogP) is 2.57. The number of aryl methyl sites for hydroxylation is 1. The van der Waals surface area contributed by atoms with Gasteiger partial charge < -0.3 is 20.9 Å². The first-order valence-electron chi connectivity index (χ1n) is 12.9. The summed E-state index contributed by atoms with van der Waals surface area (Å²) in [5.41, 5.74) is 1.19. The standard InChI is InChI=1S/C26H37N7O2/c1-17-16-33(14-13-27-17)21-8-7-19(15-28-21)30-25(35)23(31-24(34)20-9-12-29-32(20)3)22(18-5-4-6-18)26(2)10-11-26/h7-9,12,15,17-18,22-23,27H,4-6,10-11,13-14,16H2,1-3H3,(H,30,35)(H,31,34)/t17-,22?,23+/m1/s1. The number of hydrogen-bond donors (Lipinski definition) is 3. The summed E-state index contributed by atoms with van der Waals surface area (Å²) in [5.74, 6) is 1.05. The van der Waals surface area contributed by atoms with Gasteiger partial charge in [-0.1, -0.05) is 26.2 Å². The van der Waals surface area contributed by atoms with Crippen LogP contribution in [0.15, 0.2) is 30.6 Å². The van der Waals surface area contributed by atoms with Crippen LogP contribution in [0, 0.1) is 17.3 Å². The van der Waals surface area contributed by atoms with Gasteiger partial charge in [0.25, 0.3) is 5.91 Å². The summed E-state index contributed by atoms with van der Waals surface area (Å²) in [6, 6.07) is 5.36.